The Labute approximate surface area is 290 Å². The smallest absolute Gasteiger partial charge is 0.276 e. The molecule has 3 amide bonds. The van der Waals surface area contributed by atoms with Crippen LogP contribution in [-0.2, 0) is 9.59 Å². The van der Waals surface area contributed by atoms with Gasteiger partial charge in [-0.25, -0.2) is 0 Å². The lowest BCUT2D eigenvalue weighted by Gasteiger charge is -2.18. The third-order valence-corrected chi connectivity index (χ3v) is 8.50. The number of halogens is 2. The third-order valence-electron chi connectivity index (χ3n) is 6.80. The van der Waals surface area contributed by atoms with E-state index in [-0.39, 0.29) is 22.9 Å². The van der Waals surface area contributed by atoms with Gasteiger partial charge in [-0.1, -0.05) is 83.9 Å². The number of nitro groups is 1. The first kappa shape index (κ1) is 33.9. The minimum atomic E-state index is -0.695. The standard InChI is InChI=1S/C36H26Cl2N4O5S/c37-26-20-27(38)22-29(21-26)40-36(45)33(23-9-3-1-4-10-23)48-30-17-15-28(16-18-30)39-35(44)31(41-34(43)24-11-5-2-6-12-24)19-25-13-7-8-14-32(25)42(46)47/h1-22,33H,(H,39,44)(H,40,45)(H,41,43)/b31-19-. The zero-order chi connectivity index (χ0) is 34.0. The van der Waals surface area contributed by atoms with Crippen LogP contribution in [0.4, 0.5) is 17.1 Å². The molecule has 0 saturated heterocycles. The molecule has 3 N–H and O–H groups in total. The van der Waals surface area contributed by atoms with Crippen LogP contribution in [0, 0.1) is 10.1 Å². The summed E-state index contributed by atoms with van der Waals surface area (Å²) in [5, 5.41) is 20.0. The Kier molecular flexibility index (Phi) is 11.3. The van der Waals surface area contributed by atoms with E-state index in [1.165, 1.54) is 36.0 Å². The molecule has 5 rings (SSSR count). The number of hydrogen-bond acceptors (Lipinski definition) is 6. The average Bonchev–Trinajstić information content (AvgIpc) is 3.08. The van der Waals surface area contributed by atoms with Gasteiger partial charge in [0.2, 0.25) is 5.91 Å². The van der Waals surface area contributed by atoms with Gasteiger partial charge >= 0.3 is 0 Å². The highest BCUT2D eigenvalue weighted by molar-refractivity contribution is 8.00. The van der Waals surface area contributed by atoms with Crippen molar-refractivity contribution < 1.29 is 19.3 Å². The summed E-state index contributed by atoms with van der Waals surface area (Å²) in [4.78, 5) is 51.7. The molecule has 9 nitrogen and oxygen atoms in total. The number of amides is 3. The van der Waals surface area contributed by atoms with Gasteiger partial charge in [-0.15, -0.1) is 11.8 Å². The summed E-state index contributed by atoms with van der Waals surface area (Å²) in [5.41, 5.74) is 1.63. The van der Waals surface area contributed by atoms with E-state index in [4.69, 9.17) is 23.2 Å². The van der Waals surface area contributed by atoms with Gasteiger partial charge in [0, 0.05) is 37.9 Å². The van der Waals surface area contributed by atoms with E-state index in [1.807, 2.05) is 30.3 Å². The zero-order valence-corrected chi connectivity index (χ0v) is 27.3. The highest BCUT2D eigenvalue weighted by atomic mass is 35.5. The van der Waals surface area contributed by atoms with Crippen LogP contribution in [0.3, 0.4) is 0 Å². The first-order valence-electron chi connectivity index (χ1n) is 14.4. The summed E-state index contributed by atoms with van der Waals surface area (Å²) in [6, 6.07) is 35.0. The largest absolute Gasteiger partial charge is 0.325 e. The van der Waals surface area contributed by atoms with E-state index in [0.717, 1.165) is 10.5 Å². The maximum atomic E-state index is 13.5. The van der Waals surface area contributed by atoms with Gasteiger partial charge in [-0.05, 0) is 72.3 Å². The number of para-hydroxylation sites is 1. The number of nitro benzene ring substituents is 1. The van der Waals surface area contributed by atoms with Crippen LogP contribution < -0.4 is 16.0 Å². The van der Waals surface area contributed by atoms with Gasteiger partial charge in [0.15, 0.2) is 0 Å². The van der Waals surface area contributed by atoms with Crippen LogP contribution in [0.15, 0.2) is 138 Å². The maximum Gasteiger partial charge on any atom is 0.276 e. The number of nitrogens with zero attached hydrogens (tertiary/aromatic N) is 1. The van der Waals surface area contributed by atoms with Crippen molar-refractivity contribution in [2.75, 3.05) is 10.6 Å². The predicted octanol–water partition coefficient (Wildman–Crippen LogP) is 8.78. The summed E-state index contributed by atoms with van der Waals surface area (Å²) in [6.07, 6.45) is 1.26. The lowest BCUT2D eigenvalue weighted by atomic mass is 10.1. The molecule has 48 heavy (non-hydrogen) atoms. The van der Waals surface area contributed by atoms with Crippen molar-refractivity contribution in [3.8, 4) is 0 Å². The molecule has 5 aromatic carbocycles. The van der Waals surface area contributed by atoms with Gasteiger partial charge in [0.05, 0.1) is 10.5 Å². The molecule has 5 aromatic rings. The van der Waals surface area contributed by atoms with E-state index in [1.54, 1.807) is 78.9 Å². The number of carbonyl (C=O) groups is 3. The maximum absolute atomic E-state index is 13.5. The second-order valence-corrected chi connectivity index (χ2v) is 12.3. The second-order valence-electron chi connectivity index (χ2n) is 10.2. The van der Waals surface area contributed by atoms with E-state index < -0.39 is 22.0 Å². The predicted molar refractivity (Wildman–Crippen MR) is 190 cm³/mol. The number of anilines is 2. The number of rotatable bonds is 11. The quantitative estimate of drug-likeness (QED) is 0.0548. The van der Waals surface area contributed by atoms with Crippen molar-refractivity contribution in [1.82, 2.24) is 5.32 Å². The van der Waals surface area contributed by atoms with Gasteiger partial charge in [0.1, 0.15) is 10.9 Å². The van der Waals surface area contributed by atoms with E-state index in [0.29, 0.717) is 27.0 Å². The van der Waals surface area contributed by atoms with Gasteiger partial charge in [-0.2, -0.15) is 0 Å². The number of thioether (sulfide) groups is 1. The Morgan fingerprint density at radius 3 is 1.98 bits per heavy atom. The molecular formula is C36H26Cl2N4O5S. The van der Waals surface area contributed by atoms with Crippen molar-refractivity contribution in [3.63, 3.8) is 0 Å². The molecular weight excluding hydrogens is 671 g/mol. The number of nitrogens with one attached hydrogen (secondary N) is 3. The van der Waals surface area contributed by atoms with E-state index >= 15 is 0 Å². The summed E-state index contributed by atoms with van der Waals surface area (Å²) in [7, 11) is 0. The molecule has 0 fully saturated rings. The molecule has 0 spiro atoms. The highest BCUT2D eigenvalue weighted by Gasteiger charge is 2.23. The Morgan fingerprint density at radius 1 is 0.729 bits per heavy atom. The Balaban J connectivity index is 1.36. The molecule has 0 aliphatic heterocycles. The second kappa shape index (κ2) is 15.9. The molecule has 0 bridgehead atoms. The molecule has 0 aromatic heterocycles. The van der Waals surface area contributed by atoms with E-state index in [9.17, 15) is 24.5 Å². The van der Waals surface area contributed by atoms with Crippen molar-refractivity contribution >= 4 is 75.8 Å². The normalized spacial score (nSPS) is 11.7. The molecule has 0 radical (unpaired) electrons. The van der Waals surface area contributed by atoms with Crippen LogP contribution in [0.5, 0.6) is 0 Å². The monoisotopic (exact) mass is 696 g/mol. The Bertz CT molecular complexity index is 1970. The van der Waals surface area contributed by atoms with Gasteiger partial charge in [-0.3, -0.25) is 24.5 Å². The average molecular weight is 698 g/mol. The van der Waals surface area contributed by atoms with Crippen molar-refractivity contribution in [2.45, 2.75) is 10.1 Å². The van der Waals surface area contributed by atoms with Crippen molar-refractivity contribution in [1.29, 1.82) is 0 Å². The van der Waals surface area contributed by atoms with Gasteiger partial charge in [0.25, 0.3) is 17.5 Å². The Morgan fingerprint density at radius 2 is 1.33 bits per heavy atom. The van der Waals surface area contributed by atoms with Crippen molar-refractivity contribution in [2.24, 2.45) is 0 Å². The molecule has 0 heterocycles. The number of hydrogen-bond donors (Lipinski definition) is 3. The summed E-state index contributed by atoms with van der Waals surface area (Å²) >= 11 is 13.5. The Hall–Kier alpha value is -5.42. The zero-order valence-electron chi connectivity index (χ0n) is 24.9. The fourth-order valence-corrected chi connectivity index (χ4v) is 6.11. The van der Waals surface area contributed by atoms with Crippen LogP contribution >= 0.6 is 35.0 Å². The third kappa shape index (κ3) is 9.10. The summed E-state index contributed by atoms with van der Waals surface area (Å²) in [6.45, 7) is 0. The number of benzene rings is 5. The molecule has 1 unspecified atom stereocenters. The number of carbonyl (C=O) groups excluding carboxylic acids is 3. The SMILES string of the molecule is O=C(Nc1ccc(SC(C(=O)Nc2cc(Cl)cc(Cl)c2)c2ccccc2)cc1)/C(=C/c1ccccc1[N+](=O)[O-])NC(=O)c1ccccc1. The highest BCUT2D eigenvalue weighted by Crippen LogP contribution is 2.37. The topological polar surface area (TPSA) is 130 Å². The molecule has 0 aliphatic rings. The first-order chi connectivity index (χ1) is 23.2. The van der Waals surface area contributed by atoms with Crippen LogP contribution in [0.25, 0.3) is 6.08 Å². The summed E-state index contributed by atoms with van der Waals surface area (Å²) in [5.74, 6) is -1.55. The molecule has 240 valence electrons. The van der Waals surface area contributed by atoms with Crippen LogP contribution in [-0.4, -0.2) is 22.6 Å². The molecule has 1 atom stereocenters. The van der Waals surface area contributed by atoms with Crippen LogP contribution in [0.1, 0.15) is 26.7 Å². The minimum absolute atomic E-state index is 0.137. The lowest BCUT2D eigenvalue weighted by Crippen LogP contribution is -2.30. The fourth-order valence-electron chi connectivity index (χ4n) is 4.56. The molecule has 0 saturated carbocycles. The van der Waals surface area contributed by atoms with Gasteiger partial charge < -0.3 is 16.0 Å². The molecule has 12 heteroatoms. The van der Waals surface area contributed by atoms with Crippen molar-refractivity contribution in [3.05, 3.63) is 170 Å². The first-order valence-corrected chi connectivity index (χ1v) is 16.0. The molecule has 0 aliphatic carbocycles. The van der Waals surface area contributed by atoms with Crippen LogP contribution in [0.2, 0.25) is 10.0 Å². The summed E-state index contributed by atoms with van der Waals surface area (Å²) < 4.78 is 0. The minimum Gasteiger partial charge on any atom is -0.325 e. The lowest BCUT2D eigenvalue weighted by molar-refractivity contribution is -0.385. The van der Waals surface area contributed by atoms with E-state index in [2.05, 4.69) is 16.0 Å². The fraction of sp³-hybridized carbons (Fsp3) is 0.0278.